The van der Waals surface area contributed by atoms with E-state index >= 15 is 0 Å². The molecule has 0 aliphatic carbocycles. The van der Waals surface area contributed by atoms with Gasteiger partial charge < -0.3 is 5.32 Å². The zero-order valence-corrected chi connectivity index (χ0v) is 11.8. The third kappa shape index (κ3) is 5.33. The predicted octanol–water partition coefficient (Wildman–Crippen LogP) is -0.909. The number of hydrogen-bond acceptors (Lipinski definition) is 5. The van der Waals surface area contributed by atoms with E-state index in [0.717, 1.165) is 19.2 Å². The molecule has 0 amide bonds. The highest BCUT2D eigenvalue weighted by Gasteiger charge is 2.28. The lowest BCUT2D eigenvalue weighted by Gasteiger charge is -2.24. The van der Waals surface area contributed by atoms with Gasteiger partial charge in [-0.05, 0) is 26.3 Å². The number of sulfonamides is 1. The minimum Gasteiger partial charge on any atom is -0.315 e. The maximum Gasteiger partial charge on any atom is 0.216 e. The van der Waals surface area contributed by atoms with Gasteiger partial charge in [0.1, 0.15) is 9.84 Å². The Morgan fingerprint density at radius 2 is 2.00 bits per heavy atom. The molecule has 1 heterocycles. The molecule has 0 radical (unpaired) electrons. The molecule has 1 fully saturated rings. The molecule has 1 saturated heterocycles. The van der Waals surface area contributed by atoms with Gasteiger partial charge in [0, 0.05) is 18.8 Å². The molecular formula is C9H20N2O4S2. The van der Waals surface area contributed by atoms with Crippen LogP contribution in [0.4, 0.5) is 0 Å². The predicted molar refractivity (Wildman–Crippen MR) is 67.1 cm³/mol. The second-order valence-corrected chi connectivity index (χ2v) is 8.80. The molecule has 102 valence electrons. The Kier molecular flexibility index (Phi) is 4.94. The van der Waals surface area contributed by atoms with Gasteiger partial charge in [0.05, 0.1) is 11.0 Å². The first-order valence-electron chi connectivity index (χ1n) is 5.60. The van der Waals surface area contributed by atoms with Gasteiger partial charge in [-0.3, -0.25) is 0 Å². The summed E-state index contributed by atoms with van der Waals surface area (Å²) in [6.45, 7) is 2.83. The first-order valence-corrected chi connectivity index (χ1v) is 9.21. The van der Waals surface area contributed by atoms with E-state index in [9.17, 15) is 16.8 Å². The van der Waals surface area contributed by atoms with Crippen molar-refractivity contribution in [1.29, 1.82) is 0 Å². The summed E-state index contributed by atoms with van der Waals surface area (Å²) in [5.41, 5.74) is 0. The summed E-state index contributed by atoms with van der Waals surface area (Å²) in [5, 5.41) is 2.57. The van der Waals surface area contributed by atoms with E-state index in [4.69, 9.17) is 0 Å². The summed E-state index contributed by atoms with van der Waals surface area (Å²) >= 11 is 0. The maximum atomic E-state index is 11.9. The Morgan fingerprint density at radius 1 is 1.35 bits per heavy atom. The monoisotopic (exact) mass is 284 g/mol. The van der Waals surface area contributed by atoms with Crippen molar-refractivity contribution in [2.75, 3.05) is 25.1 Å². The molecule has 1 aliphatic rings. The molecule has 0 spiro atoms. The highest BCUT2D eigenvalue weighted by Crippen LogP contribution is 2.11. The van der Waals surface area contributed by atoms with Crippen LogP contribution < -0.4 is 10.0 Å². The van der Waals surface area contributed by atoms with Crippen molar-refractivity contribution in [3.05, 3.63) is 0 Å². The average molecular weight is 284 g/mol. The maximum absolute atomic E-state index is 11.9. The minimum absolute atomic E-state index is 0.174. The van der Waals surface area contributed by atoms with Crippen LogP contribution in [0.3, 0.4) is 0 Å². The average Bonchev–Trinajstić information content (AvgIpc) is 2.15. The van der Waals surface area contributed by atoms with Crippen molar-refractivity contribution in [2.24, 2.45) is 0 Å². The van der Waals surface area contributed by atoms with Gasteiger partial charge in [-0.2, -0.15) is 0 Å². The molecule has 2 unspecified atom stereocenters. The molecule has 8 heteroatoms. The second kappa shape index (κ2) is 5.64. The molecule has 17 heavy (non-hydrogen) atoms. The lowest BCUT2D eigenvalue weighted by molar-refractivity contribution is 0.486. The third-order valence-corrected chi connectivity index (χ3v) is 5.73. The van der Waals surface area contributed by atoms with Gasteiger partial charge in [-0.1, -0.05) is 0 Å². The Labute approximate surface area is 103 Å². The highest BCUT2D eigenvalue weighted by atomic mass is 32.2. The van der Waals surface area contributed by atoms with Crippen molar-refractivity contribution in [3.63, 3.8) is 0 Å². The third-order valence-electron chi connectivity index (χ3n) is 2.61. The number of sulfone groups is 1. The fraction of sp³-hybridized carbons (Fsp3) is 1.00. The number of rotatable bonds is 5. The largest absolute Gasteiger partial charge is 0.315 e. The SMILES string of the molecule is CC(CS(C)(=O)=O)NS(=O)(=O)C1CCCNC1. The lowest BCUT2D eigenvalue weighted by Crippen LogP contribution is -2.48. The fourth-order valence-corrected chi connectivity index (χ4v) is 4.70. The van der Waals surface area contributed by atoms with Crippen LogP contribution in [0.2, 0.25) is 0 Å². The molecule has 0 aromatic rings. The van der Waals surface area contributed by atoms with Crippen LogP contribution in [0.1, 0.15) is 19.8 Å². The van der Waals surface area contributed by atoms with E-state index in [0.29, 0.717) is 13.0 Å². The van der Waals surface area contributed by atoms with Crippen LogP contribution in [0.15, 0.2) is 0 Å². The fourth-order valence-electron chi connectivity index (χ4n) is 1.95. The van der Waals surface area contributed by atoms with Gasteiger partial charge >= 0.3 is 0 Å². The summed E-state index contributed by atoms with van der Waals surface area (Å²) in [6, 6.07) is -0.586. The Balaban J connectivity index is 2.59. The molecule has 2 N–H and O–H groups in total. The zero-order valence-electron chi connectivity index (χ0n) is 10.1. The van der Waals surface area contributed by atoms with E-state index in [2.05, 4.69) is 10.0 Å². The summed E-state index contributed by atoms with van der Waals surface area (Å²) in [7, 11) is -6.60. The normalized spacial score (nSPS) is 24.5. The molecule has 0 bridgehead atoms. The van der Waals surface area contributed by atoms with Crippen LogP contribution >= 0.6 is 0 Å². The number of nitrogens with one attached hydrogen (secondary N) is 2. The van der Waals surface area contributed by atoms with Crippen LogP contribution in [-0.4, -0.2) is 53.2 Å². The Morgan fingerprint density at radius 3 is 2.47 bits per heavy atom. The van der Waals surface area contributed by atoms with Gasteiger partial charge in [-0.15, -0.1) is 0 Å². The van der Waals surface area contributed by atoms with Gasteiger partial charge in [0.15, 0.2) is 0 Å². The highest BCUT2D eigenvalue weighted by molar-refractivity contribution is 7.91. The van der Waals surface area contributed by atoms with E-state index in [-0.39, 0.29) is 5.75 Å². The number of piperidine rings is 1. The molecule has 0 aromatic heterocycles. The molecule has 0 aromatic carbocycles. The van der Waals surface area contributed by atoms with Crippen LogP contribution in [0, 0.1) is 0 Å². The molecule has 0 saturated carbocycles. The van der Waals surface area contributed by atoms with Crippen molar-refractivity contribution in [1.82, 2.24) is 10.0 Å². The Bertz CT molecular complexity index is 438. The van der Waals surface area contributed by atoms with E-state index < -0.39 is 31.2 Å². The van der Waals surface area contributed by atoms with E-state index in [1.807, 2.05) is 0 Å². The first-order chi connectivity index (χ1) is 7.71. The quantitative estimate of drug-likeness (QED) is 0.682. The van der Waals surface area contributed by atoms with Crippen LogP contribution in [-0.2, 0) is 19.9 Å². The molecule has 1 aliphatic heterocycles. The van der Waals surface area contributed by atoms with Crippen LogP contribution in [0.25, 0.3) is 0 Å². The molecule has 2 atom stereocenters. The molecule has 6 nitrogen and oxygen atoms in total. The summed E-state index contributed by atoms with van der Waals surface area (Å²) in [5.74, 6) is -0.174. The standard InChI is InChI=1S/C9H20N2O4S2/c1-8(7-16(2,12)13)11-17(14,15)9-4-3-5-10-6-9/h8-11H,3-7H2,1-2H3. The summed E-state index contributed by atoms with van der Waals surface area (Å²) < 4.78 is 48.4. The number of hydrogen-bond donors (Lipinski definition) is 2. The van der Waals surface area contributed by atoms with Crippen LogP contribution in [0.5, 0.6) is 0 Å². The van der Waals surface area contributed by atoms with Gasteiger partial charge in [0.25, 0.3) is 0 Å². The molecular weight excluding hydrogens is 264 g/mol. The Hall–Kier alpha value is -0.180. The topological polar surface area (TPSA) is 92.3 Å². The zero-order chi connectivity index (χ0) is 13.1. The smallest absolute Gasteiger partial charge is 0.216 e. The summed E-state index contributed by atoms with van der Waals surface area (Å²) in [6.07, 6.45) is 2.54. The first kappa shape index (κ1) is 14.9. The van der Waals surface area contributed by atoms with Crippen molar-refractivity contribution >= 4 is 19.9 Å². The van der Waals surface area contributed by atoms with Crippen molar-refractivity contribution in [3.8, 4) is 0 Å². The van der Waals surface area contributed by atoms with E-state index in [1.54, 1.807) is 6.92 Å². The van der Waals surface area contributed by atoms with Gasteiger partial charge in [0.2, 0.25) is 10.0 Å². The minimum atomic E-state index is -3.43. The van der Waals surface area contributed by atoms with Gasteiger partial charge in [-0.25, -0.2) is 21.6 Å². The van der Waals surface area contributed by atoms with E-state index in [1.165, 1.54) is 0 Å². The second-order valence-electron chi connectivity index (χ2n) is 4.62. The lowest BCUT2D eigenvalue weighted by atomic mass is 10.2. The summed E-state index contributed by atoms with van der Waals surface area (Å²) in [4.78, 5) is 0. The molecule has 1 rings (SSSR count). The van der Waals surface area contributed by atoms with Crippen molar-refractivity contribution in [2.45, 2.75) is 31.1 Å². The van der Waals surface area contributed by atoms with Crippen molar-refractivity contribution < 1.29 is 16.8 Å².